The topological polar surface area (TPSA) is 39.1 Å². The van der Waals surface area contributed by atoms with E-state index in [2.05, 4.69) is 27.0 Å². The van der Waals surface area contributed by atoms with Gasteiger partial charge in [-0.1, -0.05) is 12.2 Å². The van der Waals surface area contributed by atoms with E-state index in [4.69, 9.17) is 4.74 Å². The van der Waals surface area contributed by atoms with E-state index in [0.29, 0.717) is 0 Å². The average molecular weight is 221 g/mol. The van der Waals surface area contributed by atoms with Crippen LogP contribution in [0.1, 0.15) is 25.1 Å². The van der Waals surface area contributed by atoms with Gasteiger partial charge < -0.3 is 14.6 Å². The molecule has 0 amide bonds. The van der Waals surface area contributed by atoms with Gasteiger partial charge >= 0.3 is 0 Å². The van der Waals surface area contributed by atoms with E-state index in [-0.39, 0.29) is 6.10 Å². The Morgan fingerprint density at radius 2 is 2.62 bits per heavy atom. The van der Waals surface area contributed by atoms with Crippen molar-refractivity contribution in [2.24, 2.45) is 0 Å². The maximum absolute atomic E-state index is 5.73. The minimum atomic E-state index is 0.154. The second-order valence-electron chi connectivity index (χ2n) is 3.93. The van der Waals surface area contributed by atoms with Crippen molar-refractivity contribution < 1.29 is 4.74 Å². The fraction of sp³-hybridized carbons (Fsp3) is 0.583. The molecular formula is C12H19N3O. The number of allylic oxidation sites excluding steroid dienone is 2. The monoisotopic (exact) mass is 221 g/mol. The van der Waals surface area contributed by atoms with E-state index >= 15 is 0 Å². The van der Waals surface area contributed by atoms with Crippen molar-refractivity contribution in [2.75, 3.05) is 19.7 Å². The van der Waals surface area contributed by atoms with Crippen LogP contribution in [0, 0.1) is 0 Å². The number of rotatable bonds is 4. The molecule has 0 spiro atoms. The first-order valence-electron chi connectivity index (χ1n) is 5.85. The van der Waals surface area contributed by atoms with Gasteiger partial charge in [-0.05, 0) is 13.3 Å². The Hall–Kier alpha value is -1.13. The lowest BCUT2D eigenvalue weighted by molar-refractivity contribution is 0.0228. The second-order valence-corrected chi connectivity index (χ2v) is 3.93. The fourth-order valence-electron chi connectivity index (χ4n) is 1.92. The quantitative estimate of drug-likeness (QED) is 0.783. The Balaban J connectivity index is 1.99. The zero-order chi connectivity index (χ0) is 11.2. The van der Waals surface area contributed by atoms with Crippen LogP contribution in [-0.2, 0) is 11.3 Å². The normalized spacial score (nSPS) is 21.7. The van der Waals surface area contributed by atoms with Gasteiger partial charge in [0.2, 0.25) is 0 Å². The predicted molar refractivity (Wildman–Crippen MR) is 63.2 cm³/mol. The molecule has 0 aromatic carbocycles. The first-order valence-corrected chi connectivity index (χ1v) is 5.85. The van der Waals surface area contributed by atoms with Gasteiger partial charge in [0.15, 0.2) is 0 Å². The number of imidazole rings is 1. The van der Waals surface area contributed by atoms with E-state index < -0.39 is 0 Å². The Labute approximate surface area is 96.3 Å². The van der Waals surface area contributed by atoms with Crippen molar-refractivity contribution in [3.63, 3.8) is 0 Å². The zero-order valence-electron chi connectivity index (χ0n) is 9.72. The van der Waals surface area contributed by atoms with Gasteiger partial charge in [-0.15, -0.1) is 0 Å². The number of morpholine rings is 1. The second kappa shape index (κ2) is 5.82. The molecule has 1 aromatic rings. The van der Waals surface area contributed by atoms with Gasteiger partial charge in [-0.3, -0.25) is 0 Å². The maximum Gasteiger partial charge on any atom is 0.111 e. The molecule has 1 aromatic heterocycles. The molecule has 88 valence electrons. The third-order valence-electron chi connectivity index (χ3n) is 2.77. The summed E-state index contributed by atoms with van der Waals surface area (Å²) in [6.45, 7) is 5.63. The molecule has 1 aliphatic rings. The number of hydrogen-bond donors (Lipinski definition) is 1. The van der Waals surface area contributed by atoms with Crippen LogP contribution in [0.4, 0.5) is 0 Å². The van der Waals surface area contributed by atoms with E-state index in [9.17, 15) is 0 Å². The summed E-state index contributed by atoms with van der Waals surface area (Å²) in [4.78, 5) is 4.21. The SMILES string of the molecule is C/C=C/CCn1cncc1C1CNCCO1. The van der Waals surface area contributed by atoms with Crippen LogP contribution < -0.4 is 5.32 Å². The Kier molecular flexibility index (Phi) is 4.13. The Bertz CT molecular complexity index is 340. The van der Waals surface area contributed by atoms with Gasteiger partial charge in [0, 0.05) is 19.6 Å². The maximum atomic E-state index is 5.73. The summed E-state index contributed by atoms with van der Waals surface area (Å²) in [5, 5.41) is 3.34. The van der Waals surface area contributed by atoms with E-state index in [1.54, 1.807) is 0 Å². The summed E-state index contributed by atoms with van der Waals surface area (Å²) < 4.78 is 7.91. The first kappa shape index (κ1) is 11.4. The van der Waals surface area contributed by atoms with Crippen molar-refractivity contribution >= 4 is 0 Å². The summed E-state index contributed by atoms with van der Waals surface area (Å²) in [6.07, 6.45) is 9.24. The molecule has 1 N–H and O–H groups in total. The highest BCUT2D eigenvalue weighted by atomic mass is 16.5. The first-order chi connectivity index (χ1) is 7.92. The minimum absolute atomic E-state index is 0.154. The molecule has 2 heterocycles. The average Bonchev–Trinajstić information content (AvgIpc) is 2.79. The highest BCUT2D eigenvalue weighted by molar-refractivity contribution is 5.05. The van der Waals surface area contributed by atoms with E-state index in [0.717, 1.165) is 32.7 Å². The third kappa shape index (κ3) is 2.71. The number of nitrogens with one attached hydrogen (secondary N) is 1. The van der Waals surface area contributed by atoms with Crippen LogP contribution in [0.3, 0.4) is 0 Å². The molecule has 1 aliphatic heterocycles. The molecule has 0 bridgehead atoms. The van der Waals surface area contributed by atoms with Gasteiger partial charge in [-0.25, -0.2) is 4.98 Å². The van der Waals surface area contributed by atoms with Crippen LogP contribution in [0.25, 0.3) is 0 Å². The Morgan fingerprint density at radius 3 is 3.38 bits per heavy atom. The number of hydrogen-bond acceptors (Lipinski definition) is 3. The lowest BCUT2D eigenvalue weighted by Gasteiger charge is -2.24. The van der Waals surface area contributed by atoms with Crippen LogP contribution in [0.5, 0.6) is 0 Å². The largest absolute Gasteiger partial charge is 0.369 e. The third-order valence-corrected chi connectivity index (χ3v) is 2.77. The van der Waals surface area contributed by atoms with Crippen molar-refractivity contribution in [3.05, 3.63) is 30.4 Å². The van der Waals surface area contributed by atoms with Gasteiger partial charge in [0.05, 0.1) is 24.8 Å². The van der Waals surface area contributed by atoms with Gasteiger partial charge in [0.1, 0.15) is 6.10 Å². The number of ether oxygens (including phenoxy) is 1. The molecule has 16 heavy (non-hydrogen) atoms. The van der Waals surface area contributed by atoms with Crippen LogP contribution in [0.2, 0.25) is 0 Å². The minimum Gasteiger partial charge on any atom is -0.369 e. The highest BCUT2D eigenvalue weighted by Gasteiger charge is 2.18. The molecule has 0 radical (unpaired) electrons. The molecule has 0 aliphatic carbocycles. The van der Waals surface area contributed by atoms with Crippen molar-refractivity contribution in [2.45, 2.75) is 26.0 Å². The summed E-state index contributed by atoms with van der Waals surface area (Å²) in [7, 11) is 0. The summed E-state index contributed by atoms with van der Waals surface area (Å²) >= 11 is 0. The summed E-state index contributed by atoms with van der Waals surface area (Å²) in [6, 6.07) is 0. The molecule has 1 fully saturated rings. The fourth-order valence-corrected chi connectivity index (χ4v) is 1.92. The Morgan fingerprint density at radius 1 is 1.69 bits per heavy atom. The number of nitrogens with zero attached hydrogens (tertiary/aromatic N) is 2. The zero-order valence-corrected chi connectivity index (χ0v) is 9.72. The summed E-state index contributed by atoms with van der Waals surface area (Å²) in [5.41, 5.74) is 1.18. The molecule has 4 nitrogen and oxygen atoms in total. The lowest BCUT2D eigenvalue weighted by Crippen LogP contribution is -2.34. The molecular weight excluding hydrogens is 202 g/mol. The molecule has 1 unspecified atom stereocenters. The smallest absolute Gasteiger partial charge is 0.111 e. The van der Waals surface area contributed by atoms with Crippen molar-refractivity contribution in [1.29, 1.82) is 0 Å². The molecule has 2 rings (SSSR count). The lowest BCUT2D eigenvalue weighted by atomic mass is 10.2. The molecule has 1 atom stereocenters. The van der Waals surface area contributed by atoms with Crippen LogP contribution >= 0.6 is 0 Å². The van der Waals surface area contributed by atoms with Crippen LogP contribution in [0.15, 0.2) is 24.7 Å². The molecule has 1 saturated heterocycles. The van der Waals surface area contributed by atoms with Crippen molar-refractivity contribution in [3.8, 4) is 0 Å². The molecule has 4 heteroatoms. The predicted octanol–water partition coefficient (Wildman–Crippen LogP) is 1.51. The van der Waals surface area contributed by atoms with Gasteiger partial charge in [0.25, 0.3) is 0 Å². The van der Waals surface area contributed by atoms with Crippen LogP contribution in [-0.4, -0.2) is 29.2 Å². The number of aromatic nitrogens is 2. The number of aryl methyl sites for hydroxylation is 1. The standard InChI is InChI=1S/C12H19N3O/c1-2-3-4-6-15-10-14-8-11(15)12-9-13-5-7-16-12/h2-3,8,10,12-13H,4-7,9H2,1H3/b3-2+. The van der Waals surface area contributed by atoms with Gasteiger partial charge in [-0.2, -0.15) is 0 Å². The van der Waals surface area contributed by atoms with E-state index in [1.807, 2.05) is 19.4 Å². The molecule has 0 saturated carbocycles. The highest BCUT2D eigenvalue weighted by Crippen LogP contribution is 2.18. The van der Waals surface area contributed by atoms with Crippen molar-refractivity contribution in [1.82, 2.24) is 14.9 Å². The van der Waals surface area contributed by atoms with E-state index in [1.165, 1.54) is 5.69 Å². The summed E-state index contributed by atoms with van der Waals surface area (Å²) in [5.74, 6) is 0.